The van der Waals surface area contributed by atoms with Crippen molar-refractivity contribution in [1.82, 2.24) is 0 Å². The van der Waals surface area contributed by atoms with Gasteiger partial charge in [-0.15, -0.1) is 33.2 Å². The number of rotatable bonds is 0. The van der Waals surface area contributed by atoms with Gasteiger partial charge in [0.15, 0.2) is 0 Å². The zero-order chi connectivity index (χ0) is 8.78. The fourth-order valence-electron chi connectivity index (χ4n) is 0. The molecule has 0 aliphatic carbocycles. The summed E-state index contributed by atoms with van der Waals surface area (Å²) in [4.78, 5) is 0. The Morgan fingerprint density at radius 3 is 1.30 bits per heavy atom. The van der Waals surface area contributed by atoms with Crippen molar-refractivity contribution >= 4 is 40.0 Å². The third-order valence-electron chi connectivity index (χ3n) is 0.179. The van der Waals surface area contributed by atoms with E-state index in [1.165, 1.54) is 0 Å². The zero-order valence-electron chi connectivity index (χ0n) is 4.42. The number of alkyl halides is 3. The molecule has 0 spiro atoms. The fourth-order valence-corrected chi connectivity index (χ4v) is 0. The van der Waals surface area contributed by atoms with Crippen LogP contribution in [-0.4, -0.2) is 24.6 Å². The molecule has 0 aliphatic heterocycles. The monoisotopic (exact) mass is 233 g/mol. The lowest BCUT2D eigenvalue weighted by molar-refractivity contribution is -0.159. The van der Waals surface area contributed by atoms with Gasteiger partial charge >= 0.3 is 12.9 Å². The molecule has 0 aromatic carbocycles. The first kappa shape index (κ1) is 13.4. The van der Waals surface area contributed by atoms with Crippen LogP contribution in [0.15, 0.2) is 0 Å². The largest absolute Gasteiger partial charge is 0.411 e. The standard InChI is InChI=1S/C2H3F3O.Cl3Si/c3-2(4,5)1-6;1-4(2)3/h6H,1H2;. The van der Waals surface area contributed by atoms with Crippen molar-refractivity contribution in [2.24, 2.45) is 0 Å². The molecule has 0 amide bonds. The number of hydrogen-bond acceptors (Lipinski definition) is 1. The molecule has 0 saturated carbocycles. The normalized spacial score (nSPS) is 10.8. The number of hydrogen-bond donors (Lipinski definition) is 1. The van der Waals surface area contributed by atoms with E-state index in [1.807, 2.05) is 0 Å². The molecule has 0 saturated heterocycles. The van der Waals surface area contributed by atoms with Crippen LogP contribution in [0, 0.1) is 0 Å². The maximum atomic E-state index is 10.5. The minimum absolute atomic E-state index is 1.46. The average Bonchev–Trinajstić information content (AvgIpc) is 1.63. The van der Waals surface area contributed by atoms with Crippen molar-refractivity contribution in [2.75, 3.05) is 6.61 Å². The molecule has 1 radical (unpaired) electrons. The van der Waals surface area contributed by atoms with Gasteiger partial charge in [0.25, 0.3) is 0 Å². The predicted octanol–water partition coefficient (Wildman–Crippen LogP) is 2.23. The Labute approximate surface area is 71.4 Å². The van der Waals surface area contributed by atoms with Crippen molar-refractivity contribution in [3.05, 3.63) is 0 Å². The molecule has 63 valence electrons. The van der Waals surface area contributed by atoms with Gasteiger partial charge in [-0.05, 0) is 0 Å². The quantitative estimate of drug-likeness (QED) is 0.503. The molecule has 0 heterocycles. The van der Waals surface area contributed by atoms with Gasteiger partial charge in [0, 0.05) is 0 Å². The first-order chi connectivity index (χ1) is 4.29. The maximum Gasteiger partial charge on any atom is 0.411 e. The summed E-state index contributed by atoms with van der Waals surface area (Å²) in [7, 11) is 0. The van der Waals surface area contributed by atoms with E-state index in [1.54, 1.807) is 0 Å². The van der Waals surface area contributed by atoms with Gasteiger partial charge in [-0.2, -0.15) is 13.2 Å². The fraction of sp³-hybridized carbons (Fsp3) is 1.00. The Hall–Kier alpha value is 0.837. The van der Waals surface area contributed by atoms with Crippen LogP contribution in [0.4, 0.5) is 13.2 Å². The van der Waals surface area contributed by atoms with Crippen molar-refractivity contribution in [3.63, 3.8) is 0 Å². The summed E-state index contributed by atoms with van der Waals surface area (Å²) < 4.78 is 31.6. The predicted molar refractivity (Wildman–Crippen MR) is 36.5 cm³/mol. The van der Waals surface area contributed by atoms with Crippen LogP contribution in [0.3, 0.4) is 0 Å². The van der Waals surface area contributed by atoms with E-state index < -0.39 is 19.5 Å². The minimum atomic E-state index is -4.40. The highest BCUT2D eigenvalue weighted by Crippen LogP contribution is 2.11. The second-order valence-electron chi connectivity index (χ2n) is 0.988. The van der Waals surface area contributed by atoms with E-state index in [2.05, 4.69) is 0 Å². The van der Waals surface area contributed by atoms with Crippen LogP contribution in [0.2, 0.25) is 0 Å². The molecule has 0 unspecified atom stereocenters. The third kappa shape index (κ3) is 36.9. The summed E-state index contributed by atoms with van der Waals surface area (Å²) in [6, 6.07) is 0. The van der Waals surface area contributed by atoms with Gasteiger partial charge in [0.05, 0.1) is 0 Å². The average molecular weight is 234 g/mol. The molecule has 0 bridgehead atoms. The Morgan fingerprint density at radius 1 is 1.20 bits per heavy atom. The van der Waals surface area contributed by atoms with Crippen LogP contribution in [-0.2, 0) is 0 Å². The molecular formula is C2H3Cl3F3OSi. The smallest absolute Gasteiger partial charge is 0.387 e. The lowest BCUT2D eigenvalue weighted by Gasteiger charge is -1.95. The SMILES string of the molecule is Cl[Si](Cl)Cl.OCC(F)(F)F. The summed E-state index contributed by atoms with van der Waals surface area (Å²) in [6.45, 7) is -3.19. The van der Waals surface area contributed by atoms with Gasteiger partial charge in [0.1, 0.15) is 6.61 Å². The van der Waals surface area contributed by atoms with Crippen molar-refractivity contribution in [3.8, 4) is 0 Å². The molecule has 0 fully saturated rings. The van der Waals surface area contributed by atoms with Gasteiger partial charge in [-0.25, -0.2) is 0 Å². The molecule has 0 atom stereocenters. The summed E-state index contributed by atoms with van der Waals surface area (Å²) >= 11 is 14.7. The lowest BCUT2D eigenvalue weighted by atomic mass is 10.7. The summed E-state index contributed by atoms with van der Waals surface area (Å²) in [5.41, 5.74) is 0. The number of aliphatic hydroxyl groups is 1. The minimum Gasteiger partial charge on any atom is -0.387 e. The molecule has 10 heavy (non-hydrogen) atoms. The maximum absolute atomic E-state index is 10.5. The molecule has 0 rings (SSSR count). The summed E-state index contributed by atoms with van der Waals surface area (Å²) in [5.74, 6) is 0. The third-order valence-corrected chi connectivity index (χ3v) is 0.179. The van der Waals surface area contributed by atoms with E-state index in [9.17, 15) is 13.2 Å². The van der Waals surface area contributed by atoms with Gasteiger partial charge in [-0.3, -0.25) is 0 Å². The Balaban J connectivity index is 0. The molecule has 0 aromatic rings. The number of halogens is 6. The second kappa shape index (κ2) is 6.54. The van der Waals surface area contributed by atoms with Gasteiger partial charge < -0.3 is 5.11 Å². The molecule has 0 aliphatic rings. The van der Waals surface area contributed by atoms with Crippen molar-refractivity contribution < 1.29 is 18.3 Å². The second-order valence-corrected chi connectivity index (χ2v) is 6.56. The van der Waals surface area contributed by atoms with Crippen molar-refractivity contribution in [2.45, 2.75) is 6.18 Å². The lowest BCUT2D eigenvalue weighted by Crippen LogP contribution is -2.12. The van der Waals surface area contributed by atoms with Crippen LogP contribution < -0.4 is 0 Å². The molecule has 0 aromatic heterocycles. The summed E-state index contributed by atoms with van der Waals surface area (Å²) in [5, 5.41) is 7.28. The molecule has 8 heteroatoms. The molecule has 1 nitrogen and oxygen atoms in total. The van der Waals surface area contributed by atoms with E-state index in [0.717, 1.165) is 0 Å². The Morgan fingerprint density at radius 2 is 1.30 bits per heavy atom. The van der Waals surface area contributed by atoms with Crippen LogP contribution >= 0.6 is 33.2 Å². The first-order valence-corrected chi connectivity index (χ1v) is 6.34. The summed E-state index contributed by atoms with van der Waals surface area (Å²) in [6.07, 6.45) is -4.40. The van der Waals surface area contributed by atoms with Gasteiger partial charge in [0.2, 0.25) is 0 Å². The highest BCUT2D eigenvalue weighted by atomic mass is 35.8. The first-order valence-electron chi connectivity index (χ1n) is 1.80. The van der Waals surface area contributed by atoms with Crippen LogP contribution in [0.5, 0.6) is 0 Å². The van der Waals surface area contributed by atoms with E-state index in [-0.39, 0.29) is 0 Å². The Kier molecular flexibility index (Phi) is 8.78. The van der Waals surface area contributed by atoms with Crippen LogP contribution in [0.1, 0.15) is 0 Å². The van der Waals surface area contributed by atoms with Crippen LogP contribution in [0.25, 0.3) is 0 Å². The number of aliphatic hydroxyl groups excluding tert-OH is 1. The van der Waals surface area contributed by atoms with E-state index >= 15 is 0 Å². The highest BCUT2D eigenvalue weighted by Gasteiger charge is 2.24. The van der Waals surface area contributed by atoms with Gasteiger partial charge in [-0.1, -0.05) is 0 Å². The Bertz CT molecular complexity index is 73.9. The van der Waals surface area contributed by atoms with Crippen molar-refractivity contribution in [1.29, 1.82) is 0 Å². The molecule has 1 N–H and O–H groups in total. The zero-order valence-corrected chi connectivity index (χ0v) is 7.69. The van der Waals surface area contributed by atoms with E-state index in [4.69, 9.17) is 38.3 Å². The molecular weight excluding hydrogens is 231 g/mol. The topological polar surface area (TPSA) is 20.2 Å². The van der Waals surface area contributed by atoms with E-state index in [0.29, 0.717) is 0 Å². The highest BCUT2D eigenvalue weighted by molar-refractivity contribution is 7.54.